The lowest BCUT2D eigenvalue weighted by atomic mass is 10.0. The lowest BCUT2D eigenvalue weighted by molar-refractivity contribution is 0.0698. The molecule has 1 aromatic heterocycles. The third-order valence-corrected chi connectivity index (χ3v) is 3.94. The van der Waals surface area contributed by atoms with Crippen molar-refractivity contribution in [1.29, 1.82) is 0 Å². The molecule has 0 spiro atoms. The number of ether oxygens (including phenoxy) is 1. The third kappa shape index (κ3) is 2.45. The molecule has 1 aliphatic heterocycles. The third-order valence-electron chi connectivity index (χ3n) is 3.94. The molecule has 1 aliphatic rings. The lowest BCUT2D eigenvalue weighted by Crippen LogP contribution is -2.51. The Morgan fingerprint density at radius 3 is 3.10 bits per heavy atom. The van der Waals surface area contributed by atoms with Gasteiger partial charge in [0.2, 0.25) is 5.95 Å². The van der Waals surface area contributed by atoms with E-state index >= 15 is 0 Å². The van der Waals surface area contributed by atoms with Crippen LogP contribution in [0.5, 0.6) is 0 Å². The van der Waals surface area contributed by atoms with Gasteiger partial charge in [-0.1, -0.05) is 6.07 Å². The van der Waals surface area contributed by atoms with Gasteiger partial charge in [0.1, 0.15) is 5.52 Å². The van der Waals surface area contributed by atoms with Crippen LogP contribution >= 0.6 is 0 Å². The zero-order chi connectivity index (χ0) is 15.0. The van der Waals surface area contributed by atoms with Gasteiger partial charge in [-0.25, -0.2) is 9.78 Å². The number of nitrogens with two attached hydrogens (primary N) is 1. The van der Waals surface area contributed by atoms with E-state index in [2.05, 4.69) is 9.97 Å². The first-order chi connectivity index (χ1) is 10.1. The van der Waals surface area contributed by atoms with Crippen molar-refractivity contribution >= 4 is 23.0 Å². The van der Waals surface area contributed by atoms with Gasteiger partial charge in [-0.05, 0) is 18.6 Å². The predicted molar refractivity (Wildman–Crippen MR) is 78.7 cm³/mol. The molecule has 7 heteroatoms. The Balaban J connectivity index is 1.94. The average molecular weight is 290 g/mol. The van der Waals surface area contributed by atoms with Crippen molar-refractivity contribution < 1.29 is 14.6 Å². The first-order valence-electron chi connectivity index (χ1n) is 6.85. The Kier molecular flexibility index (Phi) is 3.52. The number of methoxy groups -OCH3 is 1. The molecule has 2 heterocycles. The molecule has 2 atom stereocenters. The van der Waals surface area contributed by atoms with Gasteiger partial charge in [0.15, 0.2) is 0 Å². The van der Waals surface area contributed by atoms with Crippen molar-refractivity contribution in [1.82, 2.24) is 9.97 Å². The first-order valence-corrected chi connectivity index (χ1v) is 6.85. The van der Waals surface area contributed by atoms with E-state index in [1.54, 1.807) is 19.2 Å². The quantitative estimate of drug-likeness (QED) is 0.773. The van der Waals surface area contributed by atoms with E-state index in [1.165, 1.54) is 0 Å². The summed E-state index contributed by atoms with van der Waals surface area (Å²) in [5.74, 6) is -0.318. The maximum atomic E-state index is 11.2. The maximum Gasteiger partial charge on any atom is 0.337 e. The summed E-state index contributed by atoms with van der Waals surface area (Å²) in [6, 6.07) is 5.10. The highest BCUT2D eigenvalue weighted by molar-refractivity contribution is 6.01. The second-order valence-corrected chi connectivity index (χ2v) is 5.24. The van der Waals surface area contributed by atoms with Crippen LogP contribution in [0.3, 0.4) is 0 Å². The Morgan fingerprint density at radius 1 is 1.57 bits per heavy atom. The molecule has 112 valence electrons. The number of anilines is 1. The van der Waals surface area contributed by atoms with Crippen molar-refractivity contribution in [3.8, 4) is 0 Å². The number of aromatic carboxylic acids is 1. The summed E-state index contributed by atoms with van der Waals surface area (Å²) in [7, 11) is 1.65. The second kappa shape index (κ2) is 5.34. The highest BCUT2D eigenvalue weighted by atomic mass is 16.5. The Bertz CT molecular complexity index is 669. The number of piperidine rings is 1. The molecule has 1 fully saturated rings. The molecular weight excluding hydrogens is 272 g/mol. The molecule has 3 rings (SSSR count). The number of rotatable bonds is 3. The van der Waals surface area contributed by atoms with Gasteiger partial charge < -0.3 is 25.5 Å². The molecule has 7 nitrogen and oxygen atoms in total. The van der Waals surface area contributed by atoms with Gasteiger partial charge >= 0.3 is 5.97 Å². The molecule has 4 N–H and O–H groups in total. The molecule has 2 aromatic rings. The number of nitrogens with one attached hydrogen (secondary N) is 1. The minimum atomic E-state index is -0.978. The van der Waals surface area contributed by atoms with E-state index in [9.17, 15) is 9.90 Å². The summed E-state index contributed by atoms with van der Waals surface area (Å²) < 4.78 is 5.39. The Morgan fingerprint density at radius 2 is 2.38 bits per heavy atom. The zero-order valence-corrected chi connectivity index (χ0v) is 11.7. The van der Waals surface area contributed by atoms with Gasteiger partial charge in [-0.15, -0.1) is 0 Å². The summed E-state index contributed by atoms with van der Waals surface area (Å²) in [6.45, 7) is 1.41. The Labute approximate surface area is 121 Å². The fourth-order valence-electron chi connectivity index (χ4n) is 2.72. The molecule has 0 saturated carbocycles. The van der Waals surface area contributed by atoms with Crippen molar-refractivity contribution in [3.63, 3.8) is 0 Å². The van der Waals surface area contributed by atoms with Crippen molar-refractivity contribution in [2.75, 3.05) is 25.1 Å². The van der Waals surface area contributed by atoms with Crippen LogP contribution in [0.25, 0.3) is 11.0 Å². The molecule has 1 saturated heterocycles. The number of fused-ring (bicyclic) bond motifs is 1. The van der Waals surface area contributed by atoms with Gasteiger partial charge in [0.05, 0.1) is 17.2 Å². The summed E-state index contributed by atoms with van der Waals surface area (Å²) in [6.07, 6.45) is 0.757. The standard InChI is InChI=1S/C14H18N4O3/c1-21-11-7-18(6-5-9(11)15)14-16-10-4-2-3-8(13(19)20)12(10)17-14/h2-4,9,11H,5-7,15H2,1H3,(H,16,17)(H,19,20)/t9-,11+/m1/s1. The van der Waals surface area contributed by atoms with E-state index in [1.807, 2.05) is 11.0 Å². The topological polar surface area (TPSA) is 104 Å². The average Bonchev–Trinajstić information content (AvgIpc) is 2.91. The van der Waals surface area contributed by atoms with Crippen molar-refractivity contribution in [2.24, 2.45) is 5.73 Å². The molecule has 0 radical (unpaired) electrons. The zero-order valence-electron chi connectivity index (χ0n) is 11.7. The van der Waals surface area contributed by atoms with Gasteiger partial charge in [-0.2, -0.15) is 0 Å². The van der Waals surface area contributed by atoms with E-state index in [0.29, 0.717) is 23.5 Å². The van der Waals surface area contributed by atoms with E-state index < -0.39 is 5.97 Å². The van der Waals surface area contributed by atoms with Crippen LogP contribution in [0.4, 0.5) is 5.95 Å². The highest BCUT2D eigenvalue weighted by Gasteiger charge is 2.28. The number of hydrogen-bond donors (Lipinski definition) is 3. The van der Waals surface area contributed by atoms with Gasteiger partial charge in [0.25, 0.3) is 0 Å². The van der Waals surface area contributed by atoms with E-state index in [4.69, 9.17) is 10.5 Å². The molecule has 21 heavy (non-hydrogen) atoms. The highest BCUT2D eigenvalue weighted by Crippen LogP contribution is 2.23. The fraction of sp³-hybridized carbons (Fsp3) is 0.429. The molecule has 0 bridgehead atoms. The molecular formula is C14H18N4O3. The summed E-state index contributed by atoms with van der Waals surface area (Å²) in [4.78, 5) is 20.9. The summed E-state index contributed by atoms with van der Waals surface area (Å²) in [5, 5.41) is 9.21. The number of aromatic nitrogens is 2. The van der Waals surface area contributed by atoms with Crippen LogP contribution in [-0.4, -0.2) is 53.4 Å². The summed E-state index contributed by atoms with van der Waals surface area (Å²) >= 11 is 0. The van der Waals surface area contributed by atoms with Crippen LogP contribution in [-0.2, 0) is 4.74 Å². The number of hydrogen-bond acceptors (Lipinski definition) is 5. The van der Waals surface area contributed by atoms with Crippen LogP contribution < -0.4 is 10.6 Å². The minimum absolute atomic E-state index is 0.0187. The first kappa shape index (κ1) is 13.8. The number of H-pyrrole nitrogens is 1. The van der Waals surface area contributed by atoms with Gasteiger partial charge in [-0.3, -0.25) is 0 Å². The lowest BCUT2D eigenvalue weighted by Gasteiger charge is -2.35. The minimum Gasteiger partial charge on any atom is -0.478 e. The van der Waals surface area contributed by atoms with Crippen LogP contribution in [0.2, 0.25) is 0 Å². The number of carboxylic acids is 1. The molecule has 0 amide bonds. The number of nitrogens with zero attached hydrogens (tertiary/aromatic N) is 2. The number of aromatic amines is 1. The number of imidazole rings is 1. The SMILES string of the molecule is CO[C@H]1CN(c2nc3c(C(=O)O)cccc3[nH]2)CC[C@H]1N. The molecule has 0 aliphatic carbocycles. The van der Waals surface area contributed by atoms with Crippen molar-refractivity contribution in [3.05, 3.63) is 23.8 Å². The predicted octanol–water partition coefficient (Wildman–Crippen LogP) is 0.813. The number of carbonyl (C=O) groups is 1. The van der Waals surface area contributed by atoms with Gasteiger partial charge in [0, 0.05) is 26.2 Å². The van der Waals surface area contributed by atoms with Crippen molar-refractivity contribution in [2.45, 2.75) is 18.6 Å². The van der Waals surface area contributed by atoms with Crippen LogP contribution in [0, 0.1) is 0 Å². The number of carboxylic acid groups (broad SMARTS) is 1. The van der Waals surface area contributed by atoms with Crippen LogP contribution in [0.15, 0.2) is 18.2 Å². The largest absolute Gasteiger partial charge is 0.478 e. The summed E-state index contributed by atoms with van der Waals surface area (Å²) in [5.41, 5.74) is 7.40. The second-order valence-electron chi connectivity index (χ2n) is 5.24. The Hall–Kier alpha value is -2.12. The molecule has 0 unspecified atom stereocenters. The smallest absolute Gasteiger partial charge is 0.337 e. The number of benzene rings is 1. The van der Waals surface area contributed by atoms with E-state index in [-0.39, 0.29) is 17.7 Å². The monoisotopic (exact) mass is 290 g/mol. The molecule has 1 aromatic carbocycles. The maximum absolute atomic E-state index is 11.2. The normalized spacial score (nSPS) is 22.7. The van der Waals surface area contributed by atoms with E-state index in [0.717, 1.165) is 13.0 Å². The number of para-hydroxylation sites is 1. The fourth-order valence-corrected chi connectivity index (χ4v) is 2.72. The van der Waals surface area contributed by atoms with Crippen LogP contribution in [0.1, 0.15) is 16.8 Å².